The van der Waals surface area contributed by atoms with Gasteiger partial charge in [0, 0.05) is 30.7 Å². The Morgan fingerprint density at radius 2 is 1.85 bits per heavy atom. The lowest BCUT2D eigenvalue weighted by Crippen LogP contribution is -2.29. The highest BCUT2D eigenvalue weighted by molar-refractivity contribution is 7.18. The number of nitrogens with zero attached hydrogens (tertiary/aromatic N) is 3. The topological polar surface area (TPSA) is 38.1 Å². The van der Waals surface area contributed by atoms with Crippen LogP contribution in [0.25, 0.3) is 15.9 Å². The summed E-state index contributed by atoms with van der Waals surface area (Å²) in [7, 11) is 1.83. The van der Waals surface area contributed by atoms with Gasteiger partial charge in [-0.2, -0.15) is 0 Å². The van der Waals surface area contributed by atoms with E-state index in [1.54, 1.807) is 16.2 Å². The summed E-state index contributed by atoms with van der Waals surface area (Å²) in [6, 6.07) is 19.6. The number of rotatable bonds is 4. The summed E-state index contributed by atoms with van der Waals surface area (Å²) in [6.07, 6.45) is 3.94. The zero-order valence-corrected chi connectivity index (χ0v) is 15.5. The molecule has 2 aromatic heterocycles. The lowest BCUT2D eigenvalue weighted by Gasteiger charge is -2.23. The Bertz CT molecular complexity index is 1020. The van der Waals surface area contributed by atoms with Crippen LogP contribution in [0.15, 0.2) is 73.1 Å². The van der Waals surface area contributed by atoms with Crippen LogP contribution in [-0.2, 0) is 0 Å². The molecule has 130 valence electrons. The number of benzene rings is 2. The second-order valence-electron chi connectivity index (χ2n) is 6.25. The lowest BCUT2D eigenvalue weighted by molar-refractivity contribution is 0.0742. The highest BCUT2D eigenvalue weighted by Crippen LogP contribution is 2.29. The summed E-state index contributed by atoms with van der Waals surface area (Å²) in [4.78, 5) is 19.4. The van der Waals surface area contributed by atoms with Gasteiger partial charge < -0.3 is 9.47 Å². The lowest BCUT2D eigenvalue weighted by atomic mass is 10.1. The van der Waals surface area contributed by atoms with Crippen LogP contribution in [0.3, 0.4) is 0 Å². The van der Waals surface area contributed by atoms with Crippen molar-refractivity contribution in [3.05, 3.63) is 83.6 Å². The fourth-order valence-corrected chi connectivity index (χ4v) is 3.98. The standard InChI is InChI=1S/C21H19N3OS/c1-15(20-22-18-10-3-4-11-19(18)26-20)23(2)21(25)16-8-7-9-17(14-16)24-12-5-6-13-24/h3-15H,1-2H3/t15-/m0/s1. The molecular weight excluding hydrogens is 342 g/mol. The van der Waals surface area contributed by atoms with E-state index < -0.39 is 0 Å². The fraction of sp³-hybridized carbons (Fsp3) is 0.143. The number of hydrogen-bond acceptors (Lipinski definition) is 3. The average molecular weight is 361 g/mol. The monoisotopic (exact) mass is 361 g/mol. The first-order chi connectivity index (χ1) is 12.6. The van der Waals surface area contributed by atoms with Crippen LogP contribution in [0.4, 0.5) is 0 Å². The molecule has 26 heavy (non-hydrogen) atoms. The molecule has 4 rings (SSSR count). The molecule has 0 radical (unpaired) electrons. The summed E-state index contributed by atoms with van der Waals surface area (Å²) in [5, 5.41) is 0.948. The van der Waals surface area contributed by atoms with Crippen molar-refractivity contribution in [3.63, 3.8) is 0 Å². The van der Waals surface area contributed by atoms with Crippen molar-refractivity contribution < 1.29 is 4.79 Å². The van der Waals surface area contributed by atoms with Gasteiger partial charge in [-0.3, -0.25) is 4.79 Å². The van der Waals surface area contributed by atoms with E-state index in [2.05, 4.69) is 11.1 Å². The molecule has 0 spiro atoms. The van der Waals surface area contributed by atoms with E-state index >= 15 is 0 Å². The van der Waals surface area contributed by atoms with Gasteiger partial charge in [0.25, 0.3) is 5.91 Å². The molecule has 0 aliphatic heterocycles. The van der Waals surface area contributed by atoms with Crippen LogP contribution >= 0.6 is 11.3 Å². The Hall–Kier alpha value is -2.92. The molecule has 1 atom stereocenters. The smallest absolute Gasteiger partial charge is 0.254 e. The van der Waals surface area contributed by atoms with E-state index in [4.69, 9.17) is 0 Å². The quantitative estimate of drug-likeness (QED) is 0.517. The molecular formula is C21H19N3OS. The van der Waals surface area contributed by atoms with Gasteiger partial charge in [-0.15, -0.1) is 11.3 Å². The first-order valence-corrected chi connectivity index (χ1v) is 9.31. The Morgan fingerprint density at radius 3 is 2.62 bits per heavy atom. The van der Waals surface area contributed by atoms with Crippen molar-refractivity contribution in [1.82, 2.24) is 14.5 Å². The van der Waals surface area contributed by atoms with Crippen molar-refractivity contribution in [2.24, 2.45) is 0 Å². The fourth-order valence-electron chi connectivity index (χ4n) is 2.92. The molecule has 0 fully saturated rings. The number of hydrogen-bond donors (Lipinski definition) is 0. The van der Waals surface area contributed by atoms with Gasteiger partial charge in [0.15, 0.2) is 0 Å². The summed E-state index contributed by atoms with van der Waals surface area (Å²) >= 11 is 1.64. The van der Waals surface area contributed by atoms with Gasteiger partial charge in [-0.25, -0.2) is 4.98 Å². The van der Waals surface area contributed by atoms with Crippen molar-refractivity contribution >= 4 is 27.5 Å². The molecule has 1 amide bonds. The van der Waals surface area contributed by atoms with Crippen LogP contribution in [0, 0.1) is 0 Å². The average Bonchev–Trinajstić information content (AvgIpc) is 3.36. The highest BCUT2D eigenvalue weighted by atomic mass is 32.1. The SMILES string of the molecule is C[C@@H](c1nc2ccccc2s1)N(C)C(=O)c1cccc(-n2cccc2)c1. The number of para-hydroxylation sites is 1. The first kappa shape index (κ1) is 16.5. The third kappa shape index (κ3) is 3.02. The maximum absolute atomic E-state index is 13.0. The van der Waals surface area contributed by atoms with E-state index in [1.807, 2.05) is 85.5 Å². The van der Waals surface area contributed by atoms with Crippen molar-refractivity contribution in [3.8, 4) is 5.69 Å². The maximum atomic E-state index is 13.0. The minimum Gasteiger partial charge on any atom is -0.333 e. The van der Waals surface area contributed by atoms with E-state index in [-0.39, 0.29) is 11.9 Å². The van der Waals surface area contributed by atoms with Gasteiger partial charge in [0.1, 0.15) is 5.01 Å². The first-order valence-electron chi connectivity index (χ1n) is 8.49. The second kappa shape index (κ2) is 6.77. The molecule has 2 heterocycles. The van der Waals surface area contributed by atoms with Crippen LogP contribution in [0.2, 0.25) is 0 Å². The number of carbonyl (C=O) groups excluding carboxylic acids is 1. The highest BCUT2D eigenvalue weighted by Gasteiger charge is 2.22. The Labute approximate surface area is 156 Å². The number of thiazole rings is 1. The molecule has 2 aromatic carbocycles. The van der Waals surface area contributed by atoms with Gasteiger partial charge in [-0.05, 0) is 49.4 Å². The molecule has 0 saturated carbocycles. The number of amides is 1. The number of fused-ring (bicyclic) bond motifs is 1. The number of carbonyl (C=O) groups is 1. The van der Waals surface area contributed by atoms with E-state index in [1.165, 1.54) is 0 Å². The van der Waals surface area contributed by atoms with E-state index in [0.717, 1.165) is 20.9 Å². The minimum absolute atomic E-state index is 0.00855. The largest absolute Gasteiger partial charge is 0.333 e. The van der Waals surface area contributed by atoms with Crippen LogP contribution in [-0.4, -0.2) is 27.4 Å². The zero-order chi connectivity index (χ0) is 18.1. The number of aromatic nitrogens is 2. The van der Waals surface area contributed by atoms with Crippen molar-refractivity contribution in [2.75, 3.05) is 7.05 Å². The Kier molecular flexibility index (Phi) is 4.31. The molecule has 4 nitrogen and oxygen atoms in total. The zero-order valence-electron chi connectivity index (χ0n) is 14.7. The molecule has 0 aliphatic rings. The van der Waals surface area contributed by atoms with E-state index in [0.29, 0.717) is 5.56 Å². The molecule has 0 aliphatic carbocycles. The van der Waals surface area contributed by atoms with Gasteiger partial charge in [-0.1, -0.05) is 18.2 Å². The van der Waals surface area contributed by atoms with Crippen LogP contribution < -0.4 is 0 Å². The molecule has 0 unspecified atom stereocenters. The summed E-state index contributed by atoms with van der Waals surface area (Å²) in [5.74, 6) is -0.00855. The molecule has 0 N–H and O–H groups in total. The summed E-state index contributed by atoms with van der Waals surface area (Å²) in [6.45, 7) is 2.02. The molecule has 4 aromatic rings. The van der Waals surface area contributed by atoms with Gasteiger partial charge in [0.2, 0.25) is 0 Å². The molecule has 0 saturated heterocycles. The summed E-state index contributed by atoms with van der Waals surface area (Å²) < 4.78 is 3.14. The van der Waals surface area contributed by atoms with Crippen LogP contribution in [0.5, 0.6) is 0 Å². The van der Waals surface area contributed by atoms with Gasteiger partial charge >= 0.3 is 0 Å². The Morgan fingerprint density at radius 1 is 1.08 bits per heavy atom. The van der Waals surface area contributed by atoms with Crippen molar-refractivity contribution in [2.45, 2.75) is 13.0 Å². The van der Waals surface area contributed by atoms with Gasteiger partial charge in [0.05, 0.1) is 16.3 Å². The normalized spacial score (nSPS) is 12.2. The van der Waals surface area contributed by atoms with E-state index in [9.17, 15) is 4.79 Å². The second-order valence-corrected chi connectivity index (χ2v) is 7.31. The minimum atomic E-state index is -0.0878. The predicted octanol–water partition coefficient (Wildman–Crippen LogP) is 4.92. The van der Waals surface area contributed by atoms with Crippen LogP contribution in [0.1, 0.15) is 28.3 Å². The third-order valence-electron chi connectivity index (χ3n) is 4.56. The Balaban J connectivity index is 1.60. The molecule has 5 heteroatoms. The molecule has 0 bridgehead atoms. The summed E-state index contributed by atoms with van der Waals surface area (Å²) in [5.41, 5.74) is 2.63. The maximum Gasteiger partial charge on any atom is 0.254 e. The van der Waals surface area contributed by atoms with Crippen molar-refractivity contribution in [1.29, 1.82) is 0 Å². The predicted molar refractivity (Wildman–Crippen MR) is 106 cm³/mol. The third-order valence-corrected chi connectivity index (χ3v) is 5.77.